The minimum absolute atomic E-state index is 0.00485. The second-order valence-electron chi connectivity index (χ2n) is 4.09. The Morgan fingerprint density at radius 3 is 2.83 bits per heavy atom. The summed E-state index contributed by atoms with van der Waals surface area (Å²) in [5, 5.41) is 8.95. The van der Waals surface area contributed by atoms with Crippen molar-refractivity contribution < 1.29 is 32.5 Å². The number of hydrogen-bond acceptors (Lipinski definition) is 5. The number of aliphatic hydroxyl groups excluding tert-OH is 1. The Morgan fingerprint density at radius 2 is 2.28 bits per heavy atom. The van der Waals surface area contributed by atoms with E-state index >= 15 is 0 Å². The van der Waals surface area contributed by atoms with Gasteiger partial charge < -0.3 is 14.6 Å². The summed E-state index contributed by atoms with van der Waals surface area (Å²) in [6.45, 7) is 0.184. The van der Waals surface area contributed by atoms with Gasteiger partial charge in [-0.05, 0) is 0 Å². The third-order valence-electron chi connectivity index (χ3n) is 2.65. The normalized spacial score (nSPS) is 23.7. The van der Waals surface area contributed by atoms with Crippen LogP contribution in [0.5, 0.6) is 0 Å². The molecule has 1 fully saturated rings. The lowest BCUT2D eigenvalue weighted by Gasteiger charge is -2.33. The molecule has 0 radical (unpaired) electrons. The molecule has 106 valence electrons. The van der Waals surface area contributed by atoms with Crippen molar-refractivity contribution in [3.05, 3.63) is 0 Å². The van der Waals surface area contributed by atoms with Crippen LogP contribution < -0.4 is 0 Å². The Bertz CT molecular complexity index is 285. The lowest BCUT2D eigenvalue weighted by molar-refractivity contribution is -0.211. The van der Waals surface area contributed by atoms with E-state index in [9.17, 15) is 18.0 Å². The fraction of sp³-hybridized carbons (Fsp3) is 0.900. The van der Waals surface area contributed by atoms with Crippen LogP contribution in [0.25, 0.3) is 0 Å². The molecule has 0 saturated carbocycles. The number of esters is 1. The van der Waals surface area contributed by atoms with E-state index in [1.165, 1.54) is 12.0 Å². The van der Waals surface area contributed by atoms with E-state index < -0.39 is 30.9 Å². The van der Waals surface area contributed by atoms with E-state index in [1.807, 2.05) is 0 Å². The standard InChI is InChI=1S/C10H16F3NO4/c1-17-9(16)4-7-5-14(2-3-18-7)6-8(15)10(11,12)13/h7-8,15H,2-6H2,1H3. The van der Waals surface area contributed by atoms with E-state index in [4.69, 9.17) is 9.84 Å². The number of alkyl halides is 3. The van der Waals surface area contributed by atoms with E-state index in [2.05, 4.69) is 4.74 Å². The molecule has 0 aromatic rings. The summed E-state index contributed by atoms with van der Waals surface area (Å²) >= 11 is 0. The van der Waals surface area contributed by atoms with Crippen LogP contribution in [0, 0.1) is 0 Å². The lowest BCUT2D eigenvalue weighted by atomic mass is 10.2. The molecule has 18 heavy (non-hydrogen) atoms. The van der Waals surface area contributed by atoms with Crippen LogP contribution in [0.1, 0.15) is 6.42 Å². The van der Waals surface area contributed by atoms with Crippen LogP contribution in [0.3, 0.4) is 0 Å². The highest BCUT2D eigenvalue weighted by Crippen LogP contribution is 2.21. The summed E-state index contributed by atoms with van der Waals surface area (Å²) < 4.78 is 46.3. The Morgan fingerprint density at radius 1 is 1.61 bits per heavy atom. The topological polar surface area (TPSA) is 59.0 Å². The smallest absolute Gasteiger partial charge is 0.415 e. The minimum atomic E-state index is -4.63. The molecular weight excluding hydrogens is 255 g/mol. The first-order chi connectivity index (χ1) is 8.32. The van der Waals surface area contributed by atoms with E-state index in [-0.39, 0.29) is 19.6 Å². The van der Waals surface area contributed by atoms with Gasteiger partial charge in [-0.3, -0.25) is 9.69 Å². The largest absolute Gasteiger partial charge is 0.469 e. The average Bonchev–Trinajstić information content (AvgIpc) is 2.28. The molecule has 8 heteroatoms. The summed E-state index contributed by atoms with van der Waals surface area (Å²) in [7, 11) is 1.23. The van der Waals surface area contributed by atoms with Crippen molar-refractivity contribution in [2.24, 2.45) is 0 Å². The van der Waals surface area contributed by atoms with Crippen molar-refractivity contribution in [3.63, 3.8) is 0 Å². The maximum atomic E-state index is 12.2. The molecule has 1 aliphatic heterocycles. The first-order valence-electron chi connectivity index (χ1n) is 5.48. The predicted octanol–water partition coefficient (Wildman–Crippen LogP) is 0.173. The number of hydrogen-bond donors (Lipinski definition) is 1. The van der Waals surface area contributed by atoms with Crippen molar-refractivity contribution in [1.82, 2.24) is 4.90 Å². The zero-order valence-corrected chi connectivity index (χ0v) is 9.94. The molecule has 0 aromatic heterocycles. The SMILES string of the molecule is COC(=O)CC1CN(CC(O)C(F)(F)F)CCO1. The highest BCUT2D eigenvalue weighted by Gasteiger charge is 2.39. The molecule has 0 bridgehead atoms. The van der Waals surface area contributed by atoms with Crippen LogP contribution in [-0.2, 0) is 14.3 Å². The second-order valence-corrected chi connectivity index (χ2v) is 4.09. The van der Waals surface area contributed by atoms with Gasteiger partial charge in [0.05, 0.1) is 26.2 Å². The average molecular weight is 271 g/mol. The van der Waals surface area contributed by atoms with Crippen molar-refractivity contribution in [3.8, 4) is 0 Å². The molecule has 0 spiro atoms. The molecule has 0 amide bonds. The van der Waals surface area contributed by atoms with Gasteiger partial charge in [0.2, 0.25) is 0 Å². The van der Waals surface area contributed by atoms with Gasteiger partial charge in [0.25, 0.3) is 0 Å². The predicted molar refractivity (Wildman–Crippen MR) is 54.9 cm³/mol. The van der Waals surface area contributed by atoms with Crippen molar-refractivity contribution >= 4 is 5.97 Å². The van der Waals surface area contributed by atoms with Crippen molar-refractivity contribution in [2.45, 2.75) is 24.8 Å². The summed E-state index contributed by atoms with van der Waals surface area (Å²) in [6.07, 6.45) is -7.51. The van der Waals surface area contributed by atoms with E-state index in [0.717, 1.165) is 0 Å². The monoisotopic (exact) mass is 271 g/mol. The summed E-state index contributed by atoms with van der Waals surface area (Å²) in [6, 6.07) is 0. The summed E-state index contributed by atoms with van der Waals surface area (Å²) in [5.74, 6) is -0.474. The summed E-state index contributed by atoms with van der Waals surface area (Å²) in [4.78, 5) is 12.4. The van der Waals surface area contributed by atoms with Crippen LogP contribution in [0.15, 0.2) is 0 Å². The fourth-order valence-electron chi connectivity index (χ4n) is 1.69. The van der Waals surface area contributed by atoms with Gasteiger partial charge in [0, 0.05) is 19.6 Å². The number of morpholine rings is 1. The number of carbonyl (C=O) groups excluding carboxylic acids is 1. The van der Waals surface area contributed by atoms with Gasteiger partial charge in [-0.1, -0.05) is 0 Å². The minimum Gasteiger partial charge on any atom is -0.469 e. The molecule has 2 unspecified atom stereocenters. The Labute approximate surface area is 102 Å². The van der Waals surface area contributed by atoms with Crippen molar-refractivity contribution in [1.29, 1.82) is 0 Å². The molecule has 1 rings (SSSR count). The maximum Gasteiger partial charge on any atom is 0.415 e. The Hall–Kier alpha value is -0.860. The number of methoxy groups -OCH3 is 1. The van der Waals surface area contributed by atoms with Crippen LogP contribution in [0.2, 0.25) is 0 Å². The molecule has 1 N–H and O–H groups in total. The van der Waals surface area contributed by atoms with Gasteiger partial charge in [0.1, 0.15) is 0 Å². The molecule has 0 aromatic carbocycles. The van der Waals surface area contributed by atoms with Gasteiger partial charge in [-0.25, -0.2) is 0 Å². The lowest BCUT2D eigenvalue weighted by Crippen LogP contribution is -2.49. The first kappa shape index (κ1) is 15.2. The molecule has 1 aliphatic rings. The zero-order valence-electron chi connectivity index (χ0n) is 9.94. The number of β-amino-alcohol motifs (C(OH)–C–C–N with tert-alkyl or cyclic N) is 1. The van der Waals surface area contributed by atoms with E-state index in [0.29, 0.717) is 6.54 Å². The number of carbonyl (C=O) groups is 1. The highest BCUT2D eigenvalue weighted by molar-refractivity contribution is 5.69. The Kier molecular flexibility index (Phi) is 5.36. The van der Waals surface area contributed by atoms with Crippen LogP contribution >= 0.6 is 0 Å². The summed E-state index contributed by atoms with van der Waals surface area (Å²) in [5.41, 5.74) is 0. The number of nitrogens with zero attached hydrogens (tertiary/aromatic N) is 1. The van der Waals surface area contributed by atoms with E-state index in [1.54, 1.807) is 0 Å². The maximum absolute atomic E-state index is 12.2. The zero-order chi connectivity index (χ0) is 13.8. The van der Waals surface area contributed by atoms with Gasteiger partial charge >= 0.3 is 12.1 Å². The number of rotatable bonds is 4. The number of ether oxygens (including phenoxy) is 2. The first-order valence-corrected chi connectivity index (χ1v) is 5.48. The third-order valence-corrected chi connectivity index (χ3v) is 2.65. The van der Waals surface area contributed by atoms with Crippen LogP contribution in [0.4, 0.5) is 13.2 Å². The van der Waals surface area contributed by atoms with Gasteiger partial charge in [-0.15, -0.1) is 0 Å². The molecule has 2 atom stereocenters. The number of aliphatic hydroxyl groups is 1. The third kappa shape index (κ3) is 4.79. The number of halogens is 3. The van der Waals surface area contributed by atoms with Crippen molar-refractivity contribution in [2.75, 3.05) is 33.4 Å². The highest BCUT2D eigenvalue weighted by atomic mass is 19.4. The molecular formula is C10H16F3NO4. The Balaban J connectivity index is 2.41. The van der Waals surface area contributed by atoms with Crippen LogP contribution in [-0.4, -0.2) is 67.7 Å². The van der Waals surface area contributed by atoms with Gasteiger partial charge in [0.15, 0.2) is 6.10 Å². The molecule has 0 aliphatic carbocycles. The second kappa shape index (κ2) is 6.35. The quantitative estimate of drug-likeness (QED) is 0.739. The van der Waals surface area contributed by atoms with Gasteiger partial charge in [-0.2, -0.15) is 13.2 Å². The molecule has 1 heterocycles. The molecule has 1 saturated heterocycles. The molecule has 5 nitrogen and oxygen atoms in total. The fourth-order valence-corrected chi connectivity index (χ4v) is 1.69.